The summed E-state index contributed by atoms with van der Waals surface area (Å²) >= 11 is 0. The van der Waals surface area contributed by atoms with Crippen LogP contribution in [0.5, 0.6) is 0 Å². The number of benzene rings is 2. The van der Waals surface area contributed by atoms with Gasteiger partial charge in [0.05, 0.1) is 5.41 Å². The molecule has 3 rings (SSSR count). The molecule has 1 aliphatic carbocycles. The minimum absolute atomic E-state index is 0.201. The first-order valence-corrected chi connectivity index (χ1v) is 8.34. The Balaban J connectivity index is 2.06. The van der Waals surface area contributed by atoms with Crippen LogP contribution in [-0.2, 0) is 25.7 Å². The standard InChI is InChI=1S/C21H22O4/c1-13(22)24-12-14-8-7-11-17-18(14)15-9-5-6-10-16(15)19(17)25-20(23)21(2,3)4/h5-11,19H,12H2,1-4H3. The molecule has 0 heterocycles. The summed E-state index contributed by atoms with van der Waals surface area (Å²) in [7, 11) is 0. The van der Waals surface area contributed by atoms with Crippen molar-refractivity contribution in [2.75, 3.05) is 0 Å². The molecule has 0 aliphatic heterocycles. The number of hydrogen-bond donors (Lipinski definition) is 0. The normalized spacial score (nSPS) is 15.3. The van der Waals surface area contributed by atoms with Crippen LogP contribution in [0.15, 0.2) is 42.5 Å². The zero-order valence-corrected chi connectivity index (χ0v) is 15.0. The zero-order chi connectivity index (χ0) is 18.2. The van der Waals surface area contributed by atoms with E-state index in [-0.39, 0.29) is 18.5 Å². The maximum absolute atomic E-state index is 12.4. The van der Waals surface area contributed by atoms with Crippen LogP contribution in [0.1, 0.15) is 50.5 Å². The first kappa shape index (κ1) is 17.2. The fourth-order valence-electron chi connectivity index (χ4n) is 3.00. The van der Waals surface area contributed by atoms with Crippen molar-refractivity contribution < 1.29 is 19.1 Å². The molecular formula is C21H22O4. The van der Waals surface area contributed by atoms with Gasteiger partial charge in [-0.3, -0.25) is 9.59 Å². The number of esters is 2. The zero-order valence-electron chi connectivity index (χ0n) is 15.0. The molecule has 0 spiro atoms. The third-order valence-corrected chi connectivity index (χ3v) is 4.25. The average Bonchev–Trinajstić information content (AvgIpc) is 2.87. The molecular weight excluding hydrogens is 316 g/mol. The van der Waals surface area contributed by atoms with E-state index in [9.17, 15) is 9.59 Å². The SMILES string of the molecule is CC(=O)OCc1cccc2c1-c1ccccc1C2OC(=O)C(C)(C)C. The number of fused-ring (bicyclic) bond motifs is 3. The molecule has 2 aromatic rings. The first-order chi connectivity index (χ1) is 11.8. The predicted molar refractivity (Wildman–Crippen MR) is 94.7 cm³/mol. The molecule has 1 unspecified atom stereocenters. The second kappa shape index (κ2) is 6.36. The lowest BCUT2D eigenvalue weighted by atomic mass is 9.97. The fourth-order valence-corrected chi connectivity index (χ4v) is 3.00. The van der Waals surface area contributed by atoms with E-state index < -0.39 is 11.5 Å². The van der Waals surface area contributed by atoms with Crippen molar-refractivity contribution in [1.29, 1.82) is 0 Å². The van der Waals surface area contributed by atoms with Gasteiger partial charge in [0.2, 0.25) is 0 Å². The van der Waals surface area contributed by atoms with Crippen LogP contribution in [0.25, 0.3) is 11.1 Å². The van der Waals surface area contributed by atoms with Gasteiger partial charge in [-0.15, -0.1) is 0 Å². The van der Waals surface area contributed by atoms with Gasteiger partial charge in [0, 0.05) is 18.1 Å². The van der Waals surface area contributed by atoms with Gasteiger partial charge in [-0.1, -0.05) is 42.5 Å². The maximum Gasteiger partial charge on any atom is 0.312 e. The summed E-state index contributed by atoms with van der Waals surface area (Å²) in [6, 6.07) is 13.7. The van der Waals surface area contributed by atoms with Crippen LogP contribution in [0.4, 0.5) is 0 Å². The van der Waals surface area contributed by atoms with Crippen molar-refractivity contribution >= 4 is 11.9 Å². The van der Waals surface area contributed by atoms with E-state index in [0.29, 0.717) is 0 Å². The molecule has 0 fully saturated rings. The second-order valence-electron chi connectivity index (χ2n) is 7.28. The van der Waals surface area contributed by atoms with Gasteiger partial charge in [-0.2, -0.15) is 0 Å². The summed E-state index contributed by atoms with van der Waals surface area (Å²) in [6.07, 6.45) is -0.435. The third-order valence-electron chi connectivity index (χ3n) is 4.25. The van der Waals surface area contributed by atoms with E-state index in [2.05, 4.69) is 0 Å². The summed E-state index contributed by atoms with van der Waals surface area (Å²) in [6.45, 7) is 7.12. The summed E-state index contributed by atoms with van der Waals surface area (Å²) in [5, 5.41) is 0. The average molecular weight is 338 g/mol. The van der Waals surface area contributed by atoms with E-state index >= 15 is 0 Å². The number of rotatable bonds is 3. The van der Waals surface area contributed by atoms with Gasteiger partial charge in [0.25, 0.3) is 0 Å². The molecule has 130 valence electrons. The molecule has 0 saturated heterocycles. The highest BCUT2D eigenvalue weighted by molar-refractivity contribution is 5.83. The van der Waals surface area contributed by atoms with Crippen molar-refractivity contribution in [3.63, 3.8) is 0 Å². The lowest BCUT2D eigenvalue weighted by molar-refractivity contribution is -0.156. The third kappa shape index (κ3) is 3.29. The number of ether oxygens (including phenoxy) is 2. The molecule has 0 N–H and O–H groups in total. The Labute approximate surface area is 147 Å². The van der Waals surface area contributed by atoms with E-state index in [1.807, 2.05) is 63.2 Å². The van der Waals surface area contributed by atoms with Crippen LogP contribution >= 0.6 is 0 Å². The Morgan fingerprint density at radius 2 is 1.68 bits per heavy atom. The van der Waals surface area contributed by atoms with E-state index in [1.165, 1.54) is 6.92 Å². The maximum atomic E-state index is 12.4. The van der Waals surface area contributed by atoms with Crippen molar-refractivity contribution in [3.8, 4) is 11.1 Å². The van der Waals surface area contributed by atoms with Crippen molar-refractivity contribution in [1.82, 2.24) is 0 Å². The largest absolute Gasteiger partial charge is 0.461 e. The van der Waals surface area contributed by atoms with Crippen LogP contribution in [0.2, 0.25) is 0 Å². The van der Waals surface area contributed by atoms with Gasteiger partial charge in [-0.05, 0) is 37.5 Å². The van der Waals surface area contributed by atoms with Gasteiger partial charge < -0.3 is 9.47 Å². The van der Waals surface area contributed by atoms with Gasteiger partial charge in [0.15, 0.2) is 6.10 Å². The summed E-state index contributed by atoms with van der Waals surface area (Å²) in [4.78, 5) is 23.6. The molecule has 4 nitrogen and oxygen atoms in total. The van der Waals surface area contributed by atoms with Crippen LogP contribution in [-0.4, -0.2) is 11.9 Å². The number of hydrogen-bond acceptors (Lipinski definition) is 4. The molecule has 0 aromatic heterocycles. The monoisotopic (exact) mass is 338 g/mol. The fraction of sp³-hybridized carbons (Fsp3) is 0.333. The Morgan fingerprint density at radius 1 is 1.00 bits per heavy atom. The quantitative estimate of drug-likeness (QED) is 0.778. The topological polar surface area (TPSA) is 52.6 Å². The summed E-state index contributed by atoms with van der Waals surface area (Å²) in [5.41, 5.74) is 4.24. The van der Waals surface area contributed by atoms with Crippen LogP contribution in [0.3, 0.4) is 0 Å². The van der Waals surface area contributed by atoms with E-state index in [0.717, 1.165) is 27.8 Å². The molecule has 1 aliphatic rings. The van der Waals surface area contributed by atoms with E-state index in [1.54, 1.807) is 0 Å². The highest BCUT2D eigenvalue weighted by Gasteiger charge is 2.35. The Bertz CT molecular complexity index is 830. The summed E-state index contributed by atoms with van der Waals surface area (Å²) in [5.74, 6) is -0.565. The van der Waals surface area contributed by atoms with Crippen LogP contribution < -0.4 is 0 Å². The molecule has 1 atom stereocenters. The lowest BCUT2D eigenvalue weighted by Gasteiger charge is -2.22. The Morgan fingerprint density at radius 3 is 2.36 bits per heavy atom. The second-order valence-corrected chi connectivity index (χ2v) is 7.28. The summed E-state index contributed by atoms with van der Waals surface area (Å²) < 4.78 is 11.1. The van der Waals surface area contributed by atoms with Crippen LogP contribution in [0, 0.1) is 5.41 Å². The predicted octanol–water partition coefficient (Wildman–Crippen LogP) is 4.41. The molecule has 0 saturated carbocycles. The first-order valence-electron chi connectivity index (χ1n) is 8.34. The van der Waals surface area contributed by atoms with Crippen molar-refractivity contribution in [2.45, 2.75) is 40.4 Å². The molecule has 2 aromatic carbocycles. The molecule has 0 radical (unpaired) electrons. The number of carbonyl (C=O) groups is 2. The Hall–Kier alpha value is -2.62. The molecule has 25 heavy (non-hydrogen) atoms. The minimum atomic E-state index is -0.576. The van der Waals surface area contributed by atoms with Crippen molar-refractivity contribution in [3.05, 3.63) is 59.2 Å². The van der Waals surface area contributed by atoms with Gasteiger partial charge in [0.1, 0.15) is 6.61 Å². The molecule has 0 bridgehead atoms. The smallest absolute Gasteiger partial charge is 0.312 e. The minimum Gasteiger partial charge on any atom is -0.461 e. The highest BCUT2D eigenvalue weighted by atomic mass is 16.5. The van der Waals surface area contributed by atoms with Gasteiger partial charge >= 0.3 is 11.9 Å². The Kier molecular flexibility index (Phi) is 4.38. The highest BCUT2D eigenvalue weighted by Crippen LogP contribution is 2.47. The number of carbonyl (C=O) groups excluding carboxylic acids is 2. The van der Waals surface area contributed by atoms with Gasteiger partial charge in [-0.25, -0.2) is 0 Å². The lowest BCUT2D eigenvalue weighted by Crippen LogP contribution is -2.24. The van der Waals surface area contributed by atoms with E-state index in [4.69, 9.17) is 9.47 Å². The van der Waals surface area contributed by atoms with Crippen molar-refractivity contribution in [2.24, 2.45) is 5.41 Å². The molecule has 0 amide bonds. The molecule has 4 heteroatoms.